The number of methoxy groups -OCH3 is 1. The monoisotopic (exact) mass is 458 g/mol. The third-order valence-electron chi connectivity index (χ3n) is 3.65. The van der Waals surface area contributed by atoms with Crippen LogP contribution in [0.4, 0.5) is 0 Å². The fourth-order valence-electron chi connectivity index (χ4n) is 2.19. The van der Waals surface area contributed by atoms with Gasteiger partial charge in [0.25, 0.3) is 5.91 Å². The van der Waals surface area contributed by atoms with Crippen LogP contribution in [0.25, 0.3) is 0 Å². The summed E-state index contributed by atoms with van der Waals surface area (Å²) in [7, 11) is 1.33. The van der Waals surface area contributed by atoms with E-state index in [9.17, 15) is 9.59 Å². The van der Waals surface area contributed by atoms with Crippen LogP contribution in [-0.4, -0.2) is 41.2 Å². The second kappa shape index (κ2) is 11.5. The van der Waals surface area contributed by atoms with Gasteiger partial charge in [-0.15, -0.1) is 10.2 Å². The molecule has 1 N–H and O–H groups in total. The maximum atomic E-state index is 12.0. The summed E-state index contributed by atoms with van der Waals surface area (Å²) < 4.78 is 6.25. The molecule has 30 heavy (non-hydrogen) atoms. The molecule has 0 fully saturated rings. The van der Waals surface area contributed by atoms with Crippen molar-refractivity contribution in [1.29, 1.82) is 0 Å². The Balaban J connectivity index is 1.40. The smallest absolute Gasteiger partial charge is 0.337 e. The number of nitrogens with one attached hydrogen (secondary N) is 1. The van der Waals surface area contributed by atoms with E-state index >= 15 is 0 Å². The molecule has 1 amide bonds. The van der Waals surface area contributed by atoms with Gasteiger partial charge in [-0.2, -0.15) is 5.10 Å². The average Bonchev–Trinajstić information content (AvgIpc) is 3.25. The lowest BCUT2D eigenvalue weighted by molar-refractivity contribution is -0.118. The van der Waals surface area contributed by atoms with Crippen LogP contribution >= 0.6 is 34.9 Å². The number of amides is 1. The number of hydrogen-bond donors (Lipinski definition) is 1. The lowest BCUT2D eigenvalue weighted by Crippen LogP contribution is -2.19. The van der Waals surface area contributed by atoms with Crippen molar-refractivity contribution in [3.8, 4) is 0 Å². The summed E-state index contributed by atoms with van der Waals surface area (Å²) in [5.41, 5.74) is 4.90. The molecule has 2 aromatic carbocycles. The van der Waals surface area contributed by atoms with Gasteiger partial charge in [0, 0.05) is 5.75 Å². The maximum absolute atomic E-state index is 12.0. The van der Waals surface area contributed by atoms with Crippen LogP contribution in [0.2, 0.25) is 0 Å². The van der Waals surface area contributed by atoms with E-state index in [1.54, 1.807) is 36.0 Å². The van der Waals surface area contributed by atoms with E-state index in [1.807, 2.05) is 18.2 Å². The summed E-state index contributed by atoms with van der Waals surface area (Å²) in [5, 5.41) is 12.2. The second-order valence-electron chi connectivity index (χ2n) is 5.80. The van der Waals surface area contributed by atoms with Crippen LogP contribution < -0.4 is 5.43 Å². The highest BCUT2D eigenvalue weighted by Crippen LogP contribution is 2.30. The zero-order chi connectivity index (χ0) is 21.2. The van der Waals surface area contributed by atoms with E-state index in [-0.39, 0.29) is 11.7 Å². The molecule has 0 spiro atoms. The van der Waals surface area contributed by atoms with Gasteiger partial charge in [-0.05, 0) is 23.3 Å². The molecule has 3 rings (SSSR count). The van der Waals surface area contributed by atoms with Gasteiger partial charge in [0.1, 0.15) is 0 Å². The van der Waals surface area contributed by atoms with Crippen molar-refractivity contribution in [2.24, 2.45) is 5.10 Å². The fraction of sp³-hybridized carbons (Fsp3) is 0.150. The predicted molar refractivity (Wildman–Crippen MR) is 120 cm³/mol. The number of benzene rings is 2. The first-order chi connectivity index (χ1) is 14.6. The Morgan fingerprint density at radius 2 is 1.77 bits per heavy atom. The third-order valence-corrected chi connectivity index (χ3v) is 6.92. The summed E-state index contributed by atoms with van der Waals surface area (Å²) in [6.45, 7) is 0. The Morgan fingerprint density at radius 1 is 1.07 bits per heavy atom. The first-order valence-electron chi connectivity index (χ1n) is 8.77. The summed E-state index contributed by atoms with van der Waals surface area (Å²) >= 11 is 4.41. The number of aromatic nitrogens is 2. The van der Waals surface area contributed by atoms with Gasteiger partial charge in [-0.1, -0.05) is 77.3 Å². The van der Waals surface area contributed by atoms with Gasteiger partial charge in [0.2, 0.25) is 0 Å². The molecule has 7 nitrogen and oxygen atoms in total. The molecule has 1 aromatic heterocycles. The summed E-state index contributed by atoms with van der Waals surface area (Å²) in [5.74, 6) is 0.380. The van der Waals surface area contributed by atoms with E-state index in [1.165, 1.54) is 42.0 Å². The van der Waals surface area contributed by atoms with Gasteiger partial charge in [-0.3, -0.25) is 4.79 Å². The Kier molecular flexibility index (Phi) is 8.42. The molecular weight excluding hydrogens is 440 g/mol. The summed E-state index contributed by atoms with van der Waals surface area (Å²) in [6.07, 6.45) is 1.51. The number of rotatable bonds is 9. The number of esters is 1. The van der Waals surface area contributed by atoms with E-state index in [0.717, 1.165) is 20.0 Å². The Morgan fingerprint density at radius 3 is 2.47 bits per heavy atom. The number of nitrogens with zero attached hydrogens (tertiary/aromatic N) is 3. The molecule has 0 saturated carbocycles. The quantitative estimate of drug-likeness (QED) is 0.225. The summed E-state index contributed by atoms with van der Waals surface area (Å²) in [4.78, 5) is 23.3. The highest BCUT2D eigenvalue weighted by molar-refractivity contribution is 8.03. The zero-order valence-electron chi connectivity index (χ0n) is 16.0. The van der Waals surface area contributed by atoms with Crippen molar-refractivity contribution in [2.75, 3.05) is 12.9 Å². The molecule has 10 heteroatoms. The molecule has 0 aliphatic carbocycles. The Bertz CT molecular complexity index is 1010. The topological polar surface area (TPSA) is 93.5 Å². The van der Waals surface area contributed by atoms with Crippen LogP contribution in [0.3, 0.4) is 0 Å². The number of ether oxygens (including phenoxy) is 1. The minimum atomic E-state index is -0.401. The molecule has 0 radical (unpaired) electrons. The SMILES string of the molecule is COC(=O)c1ccc(/C=N/NC(=O)CSc2nnc(SCc3ccccc3)s2)cc1. The van der Waals surface area contributed by atoms with Crippen molar-refractivity contribution in [3.63, 3.8) is 0 Å². The molecule has 3 aromatic rings. The van der Waals surface area contributed by atoms with Crippen LogP contribution in [0, 0.1) is 0 Å². The van der Waals surface area contributed by atoms with Crippen LogP contribution in [0.15, 0.2) is 68.4 Å². The van der Waals surface area contributed by atoms with Crippen molar-refractivity contribution in [3.05, 3.63) is 71.3 Å². The largest absolute Gasteiger partial charge is 0.465 e. The number of thioether (sulfide) groups is 2. The van der Waals surface area contributed by atoms with Crippen molar-refractivity contribution >= 4 is 53.0 Å². The highest BCUT2D eigenvalue weighted by Gasteiger charge is 2.09. The van der Waals surface area contributed by atoms with Crippen LogP contribution in [-0.2, 0) is 15.3 Å². The van der Waals surface area contributed by atoms with E-state index in [2.05, 4.69) is 37.6 Å². The zero-order valence-corrected chi connectivity index (χ0v) is 18.4. The van der Waals surface area contributed by atoms with Crippen molar-refractivity contribution in [1.82, 2.24) is 15.6 Å². The van der Waals surface area contributed by atoms with E-state index in [4.69, 9.17) is 0 Å². The first-order valence-corrected chi connectivity index (χ1v) is 11.6. The van der Waals surface area contributed by atoms with Crippen LogP contribution in [0.5, 0.6) is 0 Å². The number of hydrazone groups is 1. The maximum Gasteiger partial charge on any atom is 0.337 e. The third kappa shape index (κ3) is 6.97. The normalized spacial score (nSPS) is 10.8. The molecular formula is C20H18N4O3S3. The number of hydrogen-bond acceptors (Lipinski definition) is 9. The molecule has 0 aliphatic rings. The number of carbonyl (C=O) groups is 2. The van der Waals surface area contributed by atoms with Gasteiger partial charge in [0.15, 0.2) is 8.68 Å². The molecule has 0 bridgehead atoms. The lowest BCUT2D eigenvalue weighted by Gasteiger charge is -2.00. The Labute approximate surface area is 186 Å². The van der Waals surface area contributed by atoms with Gasteiger partial charge < -0.3 is 4.74 Å². The average molecular weight is 459 g/mol. The fourth-order valence-corrected chi connectivity index (χ4v) is 4.96. The van der Waals surface area contributed by atoms with Gasteiger partial charge >= 0.3 is 5.97 Å². The van der Waals surface area contributed by atoms with Crippen molar-refractivity contribution in [2.45, 2.75) is 14.4 Å². The lowest BCUT2D eigenvalue weighted by atomic mass is 10.1. The highest BCUT2D eigenvalue weighted by atomic mass is 32.2. The first kappa shape index (κ1) is 22.0. The van der Waals surface area contributed by atoms with Crippen molar-refractivity contribution < 1.29 is 14.3 Å². The van der Waals surface area contributed by atoms with Gasteiger partial charge in [0.05, 0.1) is 24.6 Å². The Hall–Kier alpha value is -2.69. The minimum absolute atomic E-state index is 0.191. The predicted octanol–water partition coefficient (Wildman–Crippen LogP) is 3.86. The molecule has 0 aliphatic heterocycles. The molecule has 0 unspecified atom stereocenters. The van der Waals surface area contributed by atoms with Gasteiger partial charge in [-0.25, -0.2) is 10.2 Å². The van der Waals surface area contributed by atoms with Crippen LogP contribution in [0.1, 0.15) is 21.5 Å². The standard InChI is InChI=1S/C20H18N4O3S3/c1-27-18(26)16-9-7-14(8-10-16)11-21-22-17(25)13-29-20-24-23-19(30-20)28-12-15-5-3-2-4-6-15/h2-11H,12-13H2,1H3,(H,22,25)/b21-11+. The molecule has 1 heterocycles. The minimum Gasteiger partial charge on any atom is -0.465 e. The van der Waals surface area contributed by atoms with E-state index in [0.29, 0.717) is 5.56 Å². The molecule has 0 saturated heterocycles. The number of carbonyl (C=O) groups excluding carboxylic acids is 2. The second-order valence-corrected chi connectivity index (χ2v) is 9.23. The van der Waals surface area contributed by atoms with E-state index < -0.39 is 5.97 Å². The molecule has 0 atom stereocenters. The summed E-state index contributed by atoms with van der Waals surface area (Å²) in [6, 6.07) is 16.8. The molecule has 154 valence electrons.